The Bertz CT molecular complexity index is 900. The van der Waals surface area contributed by atoms with Crippen molar-refractivity contribution in [3.63, 3.8) is 0 Å². The van der Waals surface area contributed by atoms with Gasteiger partial charge in [-0.15, -0.1) is 0 Å². The maximum atomic E-state index is 12.9. The Balaban J connectivity index is 1.65. The molecule has 2 aliphatic rings. The van der Waals surface area contributed by atoms with Crippen molar-refractivity contribution in [1.29, 1.82) is 0 Å². The van der Waals surface area contributed by atoms with Gasteiger partial charge in [-0.25, -0.2) is 9.50 Å². The molecule has 0 aliphatic carbocycles. The van der Waals surface area contributed by atoms with Gasteiger partial charge in [0.25, 0.3) is 0 Å². The van der Waals surface area contributed by atoms with Crippen molar-refractivity contribution in [3.8, 4) is 0 Å². The molecule has 4 atom stereocenters. The van der Waals surface area contributed by atoms with Crippen LogP contribution in [0.2, 0.25) is 0 Å². The minimum atomic E-state index is -0.779. The lowest BCUT2D eigenvalue weighted by atomic mass is 9.98. The van der Waals surface area contributed by atoms with E-state index in [9.17, 15) is 4.79 Å². The molecule has 2 aliphatic heterocycles. The summed E-state index contributed by atoms with van der Waals surface area (Å²) >= 11 is 3.23. The molecule has 0 saturated carbocycles. The van der Waals surface area contributed by atoms with E-state index in [1.54, 1.807) is 4.52 Å². The molecule has 29 heavy (non-hydrogen) atoms. The summed E-state index contributed by atoms with van der Waals surface area (Å²) in [6, 6.07) is 1.28. The average Bonchev–Trinajstić information content (AvgIpc) is 3.31. The van der Waals surface area contributed by atoms with Gasteiger partial charge in [-0.05, 0) is 32.6 Å². The van der Waals surface area contributed by atoms with E-state index < -0.39 is 11.0 Å². The zero-order valence-electron chi connectivity index (χ0n) is 16.7. The fourth-order valence-electron chi connectivity index (χ4n) is 4.31. The molecule has 2 unspecified atom stereocenters. The first kappa shape index (κ1) is 20.5. The largest absolute Gasteiger partial charge is 0.355 e. The quantitative estimate of drug-likeness (QED) is 0.446. The van der Waals surface area contributed by atoms with Crippen LogP contribution < -0.4 is 22.1 Å². The summed E-state index contributed by atoms with van der Waals surface area (Å²) in [7, 11) is 0. The Hall–Kier alpha value is -1.75. The number of halogens is 1. The smallest absolute Gasteiger partial charge is 0.242 e. The van der Waals surface area contributed by atoms with Gasteiger partial charge in [0.2, 0.25) is 5.91 Å². The molecule has 158 valence electrons. The molecule has 2 aromatic rings. The molecule has 0 radical (unpaired) electrons. The Morgan fingerprint density at radius 2 is 2.07 bits per heavy atom. The van der Waals surface area contributed by atoms with Crippen LogP contribution in [0.15, 0.2) is 12.3 Å². The molecule has 6 N–H and O–H groups in total. The number of carbonyl (C=O) groups is 1. The maximum absolute atomic E-state index is 12.9. The number of fused-ring (bicyclic) bond motifs is 1. The molecular weight excluding hydrogens is 436 g/mol. The van der Waals surface area contributed by atoms with Gasteiger partial charge >= 0.3 is 0 Å². The molecule has 0 bridgehead atoms. The van der Waals surface area contributed by atoms with Crippen LogP contribution >= 0.6 is 15.9 Å². The Morgan fingerprint density at radius 3 is 2.76 bits per heavy atom. The zero-order chi connectivity index (χ0) is 20.7. The number of piperidine rings is 1. The molecule has 4 rings (SSSR count). The summed E-state index contributed by atoms with van der Waals surface area (Å²) in [6.07, 6.45) is 5.83. The molecule has 10 heteroatoms. The Labute approximate surface area is 178 Å². The molecule has 0 aromatic carbocycles. The highest BCUT2D eigenvalue weighted by molar-refractivity contribution is 9.09. The summed E-state index contributed by atoms with van der Waals surface area (Å²) in [4.78, 5) is 21.2. The summed E-state index contributed by atoms with van der Waals surface area (Å²) in [5, 5.41) is 4.75. The van der Waals surface area contributed by atoms with Crippen LogP contribution in [0.3, 0.4) is 0 Å². The number of carbonyl (C=O) groups excluding carboxylic acids is 1. The lowest BCUT2D eigenvalue weighted by molar-refractivity contribution is -0.136. The summed E-state index contributed by atoms with van der Waals surface area (Å²) in [5.41, 5.74) is 20.6. The summed E-state index contributed by atoms with van der Waals surface area (Å²) in [6.45, 7) is 4.44. The average molecular weight is 465 g/mol. The number of alkyl halides is 1. The van der Waals surface area contributed by atoms with Gasteiger partial charge in [-0.3, -0.25) is 4.79 Å². The molecular formula is C19H29BrN8O. The molecule has 2 fully saturated rings. The molecule has 9 nitrogen and oxygen atoms in total. The van der Waals surface area contributed by atoms with Crippen LogP contribution in [0.25, 0.3) is 5.65 Å². The number of anilines is 1. The molecule has 1 amide bonds. The normalized spacial score (nSPS) is 24.9. The van der Waals surface area contributed by atoms with E-state index in [0.717, 1.165) is 61.5 Å². The maximum Gasteiger partial charge on any atom is 0.242 e. The van der Waals surface area contributed by atoms with E-state index in [1.807, 2.05) is 24.1 Å². The van der Waals surface area contributed by atoms with Gasteiger partial charge in [-0.1, -0.05) is 15.9 Å². The lowest BCUT2D eigenvalue weighted by Gasteiger charge is -2.36. The van der Waals surface area contributed by atoms with Crippen molar-refractivity contribution < 1.29 is 4.79 Å². The highest BCUT2D eigenvalue weighted by Gasteiger charge is 2.34. The first-order valence-electron chi connectivity index (χ1n) is 10.2. The molecule has 4 heterocycles. The number of rotatable bonds is 4. The van der Waals surface area contributed by atoms with Crippen molar-refractivity contribution in [2.75, 3.05) is 24.5 Å². The number of aryl methyl sites for hydroxylation is 1. The van der Waals surface area contributed by atoms with Crippen LogP contribution in [0.4, 0.5) is 5.82 Å². The second kappa shape index (κ2) is 8.17. The Kier molecular flexibility index (Phi) is 5.78. The van der Waals surface area contributed by atoms with Crippen LogP contribution in [-0.4, -0.2) is 62.1 Å². The van der Waals surface area contributed by atoms with Crippen molar-refractivity contribution in [2.45, 2.75) is 55.7 Å². The number of nitrogens with two attached hydrogens (primary N) is 3. The van der Waals surface area contributed by atoms with Gasteiger partial charge in [0.05, 0.1) is 16.7 Å². The van der Waals surface area contributed by atoms with Crippen molar-refractivity contribution in [2.24, 2.45) is 17.2 Å². The Morgan fingerprint density at radius 1 is 1.28 bits per heavy atom. The predicted octanol–water partition coefficient (Wildman–Crippen LogP) is 0.636. The third kappa shape index (κ3) is 3.98. The molecule has 0 spiro atoms. The van der Waals surface area contributed by atoms with Gasteiger partial charge in [0, 0.05) is 43.5 Å². The number of amides is 1. The third-order valence-electron chi connectivity index (χ3n) is 5.90. The summed E-state index contributed by atoms with van der Waals surface area (Å²) < 4.78 is 1.80. The van der Waals surface area contributed by atoms with E-state index in [1.165, 1.54) is 0 Å². The van der Waals surface area contributed by atoms with E-state index in [0.29, 0.717) is 6.54 Å². The minimum Gasteiger partial charge on any atom is -0.355 e. The van der Waals surface area contributed by atoms with Crippen molar-refractivity contribution in [1.82, 2.24) is 19.5 Å². The number of nitrogens with zero attached hydrogens (tertiary/aromatic N) is 5. The van der Waals surface area contributed by atoms with E-state index >= 15 is 0 Å². The zero-order valence-corrected chi connectivity index (χ0v) is 18.3. The van der Waals surface area contributed by atoms with E-state index in [2.05, 4.69) is 20.8 Å². The molecule has 2 aromatic heterocycles. The number of likely N-dealkylation sites (tertiary alicyclic amines) is 1. The second-order valence-corrected chi connectivity index (χ2v) is 9.19. The predicted molar refractivity (Wildman–Crippen MR) is 116 cm³/mol. The van der Waals surface area contributed by atoms with Gasteiger partial charge in [0.1, 0.15) is 11.9 Å². The SMILES string of the molecule is Cc1cn2nc([C@@H]3CCCCN3C(=O)C(N)C(N)Br)cc2nc1N1CC[C@H](N)C1. The lowest BCUT2D eigenvalue weighted by Crippen LogP contribution is -2.53. The summed E-state index contributed by atoms with van der Waals surface area (Å²) in [5.74, 6) is 0.813. The second-order valence-electron chi connectivity index (χ2n) is 8.13. The van der Waals surface area contributed by atoms with E-state index in [4.69, 9.17) is 27.3 Å². The van der Waals surface area contributed by atoms with Gasteiger partial charge < -0.3 is 27.0 Å². The van der Waals surface area contributed by atoms with Crippen LogP contribution in [0.1, 0.15) is 43.0 Å². The number of hydrogen-bond acceptors (Lipinski definition) is 7. The van der Waals surface area contributed by atoms with Crippen LogP contribution in [0, 0.1) is 6.92 Å². The standard InChI is InChI=1S/C19H29BrN8O/c1-11-9-28-15(24-18(11)26-7-5-12(21)10-26)8-13(25-28)14-4-2-3-6-27(14)19(29)16(22)17(20)23/h8-9,12,14,16-17H,2-7,10,21-23H2,1H3/t12-,14-,16?,17?/m0/s1. The topological polar surface area (TPSA) is 132 Å². The van der Waals surface area contributed by atoms with E-state index in [-0.39, 0.29) is 18.0 Å². The first-order chi connectivity index (χ1) is 13.8. The highest BCUT2D eigenvalue weighted by atomic mass is 79.9. The third-order valence-corrected chi connectivity index (χ3v) is 6.47. The van der Waals surface area contributed by atoms with Gasteiger partial charge in [-0.2, -0.15) is 5.10 Å². The number of hydrogen-bond donors (Lipinski definition) is 3. The first-order valence-corrected chi connectivity index (χ1v) is 11.1. The fraction of sp³-hybridized carbons (Fsp3) is 0.632. The van der Waals surface area contributed by atoms with Crippen LogP contribution in [0.5, 0.6) is 0 Å². The van der Waals surface area contributed by atoms with Crippen LogP contribution in [-0.2, 0) is 4.79 Å². The fourth-order valence-corrected chi connectivity index (χ4v) is 4.54. The minimum absolute atomic E-state index is 0.112. The van der Waals surface area contributed by atoms with Crippen molar-refractivity contribution in [3.05, 3.63) is 23.5 Å². The monoisotopic (exact) mass is 464 g/mol. The molecule has 2 saturated heterocycles. The van der Waals surface area contributed by atoms with Gasteiger partial charge in [0.15, 0.2) is 5.65 Å². The highest BCUT2D eigenvalue weighted by Crippen LogP contribution is 2.32. The van der Waals surface area contributed by atoms with Crippen molar-refractivity contribution >= 4 is 33.3 Å². The number of aromatic nitrogens is 3.